The average Bonchev–Trinajstić information content (AvgIpc) is 2.71. The molecule has 0 aliphatic rings. The van der Waals surface area contributed by atoms with E-state index in [2.05, 4.69) is 13.8 Å². The summed E-state index contributed by atoms with van der Waals surface area (Å²) in [5.74, 6) is -0.167. The smallest absolute Gasteiger partial charge is 0.338 e. The molecule has 0 radical (unpaired) electrons. The number of benzene rings is 1. The number of hydrogen-bond acceptors (Lipinski definition) is 4. The van der Waals surface area contributed by atoms with Gasteiger partial charge >= 0.3 is 5.97 Å². The molecule has 166 valence electrons. The first-order valence-electron chi connectivity index (χ1n) is 11.6. The van der Waals surface area contributed by atoms with Gasteiger partial charge in [-0.25, -0.2) is 4.79 Å². The van der Waals surface area contributed by atoms with E-state index in [4.69, 9.17) is 9.47 Å². The molecule has 0 saturated heterocycles. The van der Waals surface area contributed by atoms with Crippen molar-refractivity contribution < 1.29 is 19.4 Å². The zero-order valence-electron chi connectivity index (χ0n) is 18.9. The zero-order valence-corrected chi connectivity index (χ0v) is 18.9. The Hall–Kier alpha value is -1.55. The number of carbonyl (C=O) groups excluding carboxylic acids is 1. The van der Waals surface area contributed by atoms with Gasteiger partial charge < -0.3 is 14.6 Å². The second-order valence-corrected chi connectivity index (χ2v) is 8.33. The Morgan fingerprint density at radius 3 is 2.03 bits per heavy atom. The molecule has 0 fully saturated rings. The SMILES string of the molecule is CCCCCCCCOCCCCC(C)(CCCC)OC(=O)c1ccc(O)cc1. The number of phenols is 1. The lowest BCUT2D eigenvalue weighted by Gasteiger charge is -2.30. The molecule has 29 heavy (non-hydrogen) atoms. The number of phenolic OH excluding ortho intramolecular Hbond substituents is 1. The third kappa shape index (κ3) is 11.9. The second-order valence-electron chi connectivity index (χ2n) is 8.33. The summed E-state index contributed by atoms with van der Waals surface area (Å²) in [4.78, 5) is 12.5. The standard InChI is InChI=1S/C25H42O4/c1-4-6-8-9-10-12-20-28-21-13-11-19-25(3,18-7-5-2)29-24(27)22-14-16-23(26)17-15-22/h14-17,26H,4-13,18-21H2,1-3H3. The Kier molecular flexibility index (Phi) is 13.5. The van der Waals surface area contributed by atoms with Crippen molar-refractivity contribution in [2.24, 2.45) is 0 Å². The number of carbonyl (C=O) groups is 1. The largest absolute Gasteiger partial charge is 0.508 e. The van der Waals surface area contributed by atoms with E-state index in [-0.39, 0.29) is 11.7 Å². The van der Waals surface area contributed by atoms with Crippen molar-refractivity contribution in [3.63, 3.8) is 0 Å². The fraction of sp³-hybridized carbons (Fsp3) is 0.720. The van der Waals surface area contributed by atoms with E-state index in [1.54, 1.807) is 12.1 Å². The lowest BCUT2D eigenvalue weighted by atomic mass is 9.92. The lowest BCUT2D eigenvalue weighted by molar-refractivity contribution is -0.0205. The molecular formula is C25H42O4. The first-order valence-corrected chi connectivity index (χ1v) is 11.6. The predicted octanol–water partition coefficient (Wildman–Crippen LogP) is 7.05. The van der Waals surface area contributed by atoms with E-state index >= 15 is 0 Å². The number of rotatable bonds is 17. The molecule has 0 saturated carbocycles. The first kappa shape index (κ1) is 25.5. The van der Waals surface area contributed by atoms with Crippen LogP contribution in [0.15, 0.2) is 24.3 Å². The van der Waals surface area contributed by atoms with Crippen LogP contribution in [0.4, 0.5) is 0 Å². The van der Waals surface area contributed by atoms with Crippen molar-refractivity contribution in [3.8, 4) is 5.75 Å². The van der Waals surface area contributed by atoms with Crippen molar-refractivity contribution >= 4 is 5.97 Å². The zero-order chi connectivity index (χ0) is 21.4. The van der Waals surface area contributed by atoms with Gasteiger partial charge in [0.15, 0.2) is 0 Å². The molecule has 4 nitrogen and oxygen atoms in total. The topological polar surface area (TPSA) is 55.8 Å². The molecular weight excluding hydrogens is 364 g/mol. The third-order valence-electron chi connectivity index (χ3n) is 5.39. The highest BCUT2D eigenvalue weighted by Crippen LogP contribution is 2.27. The summed E-state index contributed by atoms with van der Waals surface area (Å²) in [5.41, 5.74) is 0.0253. The third-order valence-corrected chi connectivity index (χ3v) is 5.39. The molecule has 1 N–H and O–H groups in total. The molecule has 0 aliphatic heterocycles. The highest BCUT2D eigenvalue weighted by molar-refractivity contribution is 5.89. The van der Waals surface area contributed by atoms with E-state index in [0.29, 0.717) is 5.56 Å². The Labute approximate surface area is 178 Å². The number of unbranched alkanes of at least 4 members (excludes halogenated alkanes) is 7. The summed E-state index contributed by atoms with van der Waals surface area (Å²) in [5, 5.41) is 9.39. The molecule has 1 rings (SSSR count). The lowest BCUT2D eigenvalue weighted by Crippen LogP contribution is -2.32. The van der Waals surface area contributed by atoms with Crippen LogP contribution in [-0.4, -0.2) is 29.9 Å². The van der Waals surface area contributed by atoms with Crippen LogP contribution in [0.3, 0.4) is 0 Å². The van der Waals surface area contributed by atoms with Gasteiger partial charge in [-0.2, -0.15) is 0 Å². The van der Waals surface area contributed by atoms with Crippen LogP contribution in [0, 0.1) is 0 Å². The summed E-state index contributed by atoms with van der Waals surface area (Å²) < 4.78 is 11.7. The van der Waals surface area contributed by atoms with E-state index in [9.17, 15) is 9.90 Å². The van der Waals surface area contributed by atoms with Crippen LogP contribution in [-0.2, 0) is 9.47 Å². The van der Waals surface area contributed by atoms with Crippen LogP contribution in [0.2, 0.25) is 0 Å². The highest BCUT2D eigenvalue weighted by atomic mass is 16.6. The normalized spacial score (nSPS) is 13.2. The molecule has 0 heterocycles. The van der Waals surface area contributed by atoms with Crippen molar-refractivity contribution in [1.82, 2.24) is 0 Å². The number of ether oxygens (including phenoxy) is 2. The van der Waals surface area contributed by atoms with E-state index < -0.39 is 5.60 Å². The minimum Gasteiger partial charge on any atom is -0.508 e. The molecule has 0 aromatic heterocycles. The fourth-order valence-corrected chi connectivity index (χ4v) is 3.45. The monoisotopic (exact) mass is 406 g/mol. The predicted molar refractivity (Wildman–Crippen MR) is 119 cm³/mol. The summed E-state index contributed by atoms with van der Waals surface area (Å²) in [7, 11) is 0. The maximum atomic E-state index is 12.5. The van der Waals surface area contributed by atoms with Gasteiger partial charge in [0.1, 0.15) is 11.4 Å². The molecule has 1 aromatic rings. The Morgan fingerprint density at radius 2 is 1.38 bits per heavy atom. The van der Waals surface area contributed by atoms with E-state index in [0.717, 1.165) is 58.2 Å². The van der Waals surface area contributed by atoms with Crippen molar-refractivity contribution in [2.75, 3.05) is 13.2 Å². The van der Waals surface area contributed by atoms with Gasteiger partial charge in [0.2, 0.25) is 0 Å². The van der Waals surface area contributed by atoms with Crippen molar-refractivity contribution in [1.29, 1.82) is 0 Å². The van der Waals surface area contributed by atoms with Gasteiger partial charge in [-0.3, -0.25) is 0 Å². The van der Waals surface area contributed by atoms with E-state index in [1.807, 2.05) is 6.92 Å². The minimum atomic E-state index is -0.454. The summed E-state index contributed by atoms with van der Waals surface area (Å²) >= 11 is 0. The van der Waals surface area contributed by atoms with Crippen LogP contribution >= 0.6 is 0 Å². The quantitative estimate of drug-likeness (QED) is 0.222. The molecule has 1 atom stereocenters. The van der Waals surface area contributed by atoms with Crippen LogP contribution in [0.5, 0.6) is 5.75 Å². The first-order chi connectivity index (χ1) is 14.0. The molecule has 0 aliphatic carbocycles. The summed E-state index contributed by atoms with van der Waals surface area (Å²) in [6, 6.07) is 6.24. The van der Waals surface area contributed by atoms with Gasteiger partial charge in [0, 0.05) is 13.2 Å². The average molecular weight is 407 g/mol. The molecule has 4 heteroatoms. The van der Waals surface area contributed by atoms with Crippen molar-refractivity contribution in [2.45, 2.75) is 103 Å². The van der Waals surface area contributed by atoms with Gasteiger partial charge in [-0.1, -0.05) is 52.4 Å². The maximum absolute atomic E-state index is 12.5. The number of aromatic hydroxyl groups is 1. The molecule has 0 amide bonds. The van der Waals surface area contributed by atoms with Gasteiger partial charge in [0.25, 0.3) is 0 Å². The Balaban J connectivity index is 2.29. The maximum Gasteiger partial charge on any atom is 0.338 e. The van der Waals surface area contributed by atoms with Crippen LogP contribution < -0.4 is 0 Å². The van der Waals surface area contributed by atoms with Gasteiger partial charge in [0.05, 0.1) is 5.56 Å². The second kappa shape index (κ2) is 15.3. The highest BCUT2D eigenvalue weighted by Gasteiger charge is 2.28. The summed E-state index contributed by atoms with van der Waals surface area (Å²) in [6.07, 6.45) is 13.5. The molecule has 1 aromatic carbocycles. The van der Waals surface area contributed by atoms with Gasteiger partial charge in [-0.05, 0) is 69.7 Å². The van der Waals surface area contributed by atoms with Crippen molar-refractivity contribution in [3.05, 3.63) is 29.8 Å². The molecule has 0 spiro atoms. The fourth-order valence-electron chi connectivity index (χ4n) is 3.45. The molecule has 1 unspecified atom stereocenters. The Bertz CT molecular complexity index is 540. The minimum absolute atomic E-state index is 0.149. The molecule has 0 bridgehead atoms. The van der Waals surface area contributed by atoms with Crippen LogP contribution in [0.25, 0.3) is 0 Å². The Morgan fingerprint density at radius 1 is 0.828 bits per heavy atom. The van der Waals surface area contributed by atoms with Gasteiger partial charge in [-0.15, -0.1) is 0 Å². The van der Waals surface area contributed by atoms with E-state index in [1.165, 1.54) is 44.2 Å². The number of hydrogen-bond donors (Lipinski definition) is 1. The summed E-state index contributed by atoms with van der Waals surface area (Å²) in [6.45, 7) is 8.07. The number of esters is 1. The van der Waals surface area contributed by atoms with Crippen LogP contribution in [0.1, 0.15) is 108 Å².